The van der Waals surface area contributed by atoms with E-state index in [2.05, 4.69) is 0 Å². The van der Waals surface area contributed by atoms with Crippen molar-refractivity contribution in [3.63, 3.8) is 0 Å². The highest BCUT2D eigenvalue weighted by atomic mass is 19.3. The summed E-state index contributed by atoms with van der Waals surface area (Å²) in [4.78, 5) is 1.98. The van der Waals surface area contributed by atoms with Crippen LogP contribution in [0.4, 0.5) is 20.2 Å². The van der Waals surface area contributed by atoms with Gasteiger partial charge in [-0.3, -0.25) is 0 Å². The quantitative estimate of drug-likeness (QED) is 0.762. The lowest BCUT2D eigenvalue weighted by molar-refractivity contribution is 0.0880. The summed E-state index contributed by atoms with van der Waals surface area (Å²) in [5.74, 6) is -0.484. The van der Waals surface area contributed by atoms with Gasteiger partial charge >= 0.3 is 0 Å². The monoisotopic (exact) mass is 212 g/mol. The van der Waals surface area contributed by atoms with E-state index in [9.17, 15) is 8.78 Å². The maximum Gasteiger partial charge on any atom is 0.243 e. The van der Waals surface area contributed by atoms with Crippen molar-refractivity contribution in [1.82, 2.24) is 0 Å². The molecule has 82 valence electrons. The first-order chi connectivity index (χ1) is 7.16. The maximum absolute atomic E-state index is 12.4. The van der Waals surface area contributed by atoms with Crippen molar-refractivity contribution >= 4 is 11.4 Å². The topological polar surface area (TPSA) is 29.3 Å². The Morgan fingerprint density at radius 2 is 1.93 bits per heavy atom. The molecule has 0 radical (unpaired) electrons. The molecule has 1 aliphatic rings. The van der Waals surface area contributed by atoms with Gasteiger partial charge in [0.15, 0.2) is 0 Å². The minimum atomic E-state index is -2.20. The van der Waals surface area contributed by atoms with Crippen LogP contribution in [-0.4, -0.2) is 19.5 Å². The van der Waals surface area contributed by atoms with Gasteiger partial charge in [-0.15, -0.1) is 0 Å². The molecular weight excluding hydrogens is 198 g/mol. The molecule has 1 heterocycles. The van der Waals surface area contributed by atoms with Crippen molar-refractivity contribution in [3.05, 3.63) is 24.3 Å². The fourth-order valence-electron chi connectivity index (χ4n) is 1.91. The van der Waals surface area contributed by atoms with Crippen LogP contribution in [0, 0.1) is 5.92 Å². The minimum absolute atomic E-state index is 0.446. The molecule has 0 saturated carbocycles. The van der Waals surface area contributed by atoms with Crippen molar-refractivity contribution in [2.24, 2.45) is 5.92 Å². The number of halogens is 2. The fraction of sp³-hybridized carbons (Fsp3) is 0.455. The van der Waals surface area contributed by atoms with Crippen molar-refractivity contribution in [3.8, 4) is 0 Å². The van der Waals surface area contributed by atoms with Gasteiger partial charge in [-0.1, -0.05) is 0 Å². The Kier molecular flexibility index (Phi) is 2.75. The summed E-state index contributed by atoms with van der Waals surface area (Å²) >= 11 is 0. The van der Waals surface area contributed by atoms with E-state index in [-0.39, 0.29) is 0 Å². The SMILES string of the molecule is Nc1ccc(N2CCC(C(F)F)C2)cc1. The van der Waals surface area contributed by atoms with Gasteiger partial charge in [-0.05, 0) is 30.7 Å². The van der Waals surface area contributed by atoms with E-state index in [1.54, 1.807) is 12.1 Å². The highest BCUT2D eigenvalue weighted by molar-refractivity contribution is 5.53. The molecule has 2 rings (SSSR count). The van der Waals surface area contributed by atoms with Gasteiger partial charge in [-0.25, -0.2) is 8.78 Å². The van der Waals surface area contributed by atoms with Gasteiger partial charge in [0.05, 0.1) is 0 Å². The fourth-order valence-corrected chi connectivity index (χ4v) is 1.91. The Morgan fingerprint density at radius 1 is 1.27 bits per heavy atom. The normalized spacial score (nSPS) is 21.3. The number of nitrogens with two attached hydrogens (primary N) is 1. The van der Waals surface area contributed by atoms with Crippen molar-refractivity contribution in [1.29, 1.82) is 0 Å². The number of alkyl halides is 2. The summed E-state index contributed by atoms with van der Waals surface area (Å²) in [6.45, 7) is 1.15. The number of benzene rings is 1. The molecule has 1 unspecified atom stereocenters. The summed E-state index contributed by atoms with van der Waals surface area (Å²) in [6.07, 6.45) is -1.63. The molecular formula is C11H14F2N2. The molecule has 0 spiro atoms. The van der Waals surface area contributed by atoms with Gasteiger partial charge in [-0.2, -0.15) is 0 Å². The zero-order valence-electron chi connectivity index (χ0n) is 8.37. The average Bonchev–Trinajstić information content (AvgIpc) is 2.68. The Labute approximate surface area is 87.7 Å². The van der Waals surface area contributed by atoms with E-state index < -0.39 is 12.3 Å². The summed E-state index contributed by atoms with van der Waals surface area (Å²) in [5.41, 5.74) is 7.24. The molecule has 1 aromatic rings. The van der Waals surface area contributed by atoms with Crippen LogP contribution >= 0.6 is 0 Å². The molecule has 0 aliphatic carbocycles. The van der Waals surface area contributed by atoms with Crippen LogP contribution in [0.25, 0.3) is 0 Å². The van der Waals surface area contributed by atoms with Gasteiger partial charge in [0, 0.05) is 30.4 Å². The second-order valence-electron chi connectivity index (χ2n) is 3.92. The maximum atomic E-state index is 12.4. The highest BCUT2D eigenvalue weighted by Crippen LogP contribution is 2.27. The highest BCUT2D eigenvalue weighted by Gasteiger charge is 2.29. The zero-order chi connectivity index (χ0) is 10.8. The number of rotatable bonds is 2. The van der Waals surface area contributed by atoms with Crippen LogP contribution in [0.2, 0.25) is 0 Å². The second-order valence-corrected chi connectivity index (χ2v) is 3.92. The molecule has 0 aromatic heterocycles. The van der Waals surface area contributed by atoms with Gasteiger partial charge in [0.2, 0.25) is 6.43 Å². The molecule has 1 saturated heterocycles. The molecule has 15 heavy (non-hydrogen) atoms. The summed E-state index contributed by atoms with van der Waals surface area (Å²) in [7, 11) is 0. The van der Waals surface area contributed by atoms with E-state index in [0.29, 0.717) is 25.2 Å². The molecule has 1 atom stereocenters. The first-order valence-corrected chi connectivity index (χ1v) is 5.05. The van der Waals surface area contributed by atoms with E-state index >= 15 is 0 Å². The predicted molar refractivity (Wildman–Crippen MR) is 57.2 cm³/mol. The molecule has 1 aliphatic heterocycles. The Hall–Kier alpha value is -1.32. The third-order valence-electron chi connectivity index (χ3n) is 2.84. The average molecular weight is 212 g/mol. The largest absolute Gasteiger partial charge is 0.399 e. The van der Waals surface area contributed by atoms with Crippen molar-refractivity contribution in [2.75, 3.05) is 23.7 Å². The molecule has 1 fully saturated rings. The third-order valence-corrected chi connectivity index (χ3v) is 2.84. The van der Waals surface area contributed by atoms with Gasteiger partial charge in [0.1, 0.15) is 0 Å². The summed E-state index contributed by atoms with van der Waals surface area (Å²) in [5, 5.41) is 0. The molecule has 2 N–H and O–H groups in total. The van der Waals surface area contributed by atoms with Gasteiger partial charge in [0.25, 0.3) is 0 Å². The predicted octanol–water partition coefficient (Wildman–Crippen LogP) is 2.36. The molecule has 0 bridgehead atoms. The van der Waals surface area contributed by atoms with E-state index in [1.807, 2.05) is 17.0 Å². The van der Waals surface area contributed by atoms with Crippen LogP contribution in [0.3, 0.4) is 0 Å². The molecule has 1 aromatic carbocycles. The Morgan fingerprint density at radius 3 is 2.47 bits per heavy atom. The number of anilines is 2. The number of nitrogens with zero attached hydrogens (tertiary/aromatic N) is 1. The standard InChI is InChI=1S/C11H14F2N2/c12-11(13)8-5-6-15(7-8)10-3-1-9(14)2-4-10/h1-4,8,11H,5-7,14H2. The molecule has 4 heteroatoms. The Bertz CT molecular complexity index is 324. The molecule has 0 amide bonds. The zero-order valence-corrected chi connectivity index (χ0v) is 8.37. The van der Waals surface area contributed by atoms with Crippen LogP contribution in [-0.2, 0) is 0 Å². The van der Waals surface area contributed by atoms with Crippen LogP contribution in [0.5, 0.6) is 0 Å². The first-order valence-electron chi connectivity index (χ1n) is 5.05. The third kappa shape index (κ3) is 2.19. The number of hydrogen-bond donors (Lipinski definition) is 1. The smallest absolute Gasteiger partial charge is 0.243 e. The second kappa shape index (κ2) is 4.04. The lowest BCUT2D eigenvalue weighted by Gasteiger charge is -2.18. The number of nitrogen functional groups attached to an aromatic ring is 1. The van der Waals surface area contributed by atoms with E-state index in [0.717, 1.165) is 5.69 Å². The Balaban J connectivity index is 2.04. The summed E-state index contributed by atoms with van der Waals surface area (Å²) < 4.78 is 24.9. The summed E-state index contributed by atoms with van der Waals surface area (Å²) in [6, 6.07) is 7.35. The lowest BCUT2D eigenvalue weighted by atomic mass is 10.1. The van der Waals surface area contributed by atoms with Crippen LogP contribution in [0.15, 0.2) is 24.3 Å². The van der Waals surface area contributed by atoms with Crippen molar-refractivity contribution < 1.29 is 8.78 Å². The lowest BCUT2D eigenvalue weighted by Crippen LogP contribution is -2.21. The minimum Gasteiger partial charge on any atom is -0.399 e. The van der Waals surface area contributed by atoms with E-state index in [1.165, 1.54) is 0 Å². The van der Waals surface area contributed by atoms with Crippen LogP contribution in [0.1, 0.15) is 6.42 Å². The molecule has 2 nitrogen and oxygen atoms in total. The first kappa shape index (κ1) is 10.2. The van der Waals surface area contributed by atoms with Crippen LogP contribution < -0.4 is 10.6 Å². The van der Waals surface area contributed by atoms with Crippen molar-refractivity contribution in [2.45, 2.75) is 12.8 Å². The number of hydrogen-bond acceptors (Lipinski definition) is 2. The van der Waals surface area contributed by atoms with E-state index in [4.69, 9.17) is 5.73 Å². The van der Waals surface area contributed by atoms with Gasteiger partial charge < -0.3 is 10.6 Å².